The predicted molar refractivity (Wildman–Crippen MR) is 198 cm³/mol. The number of guanidine groups is 1. The van der Waals surface area contributed by atoms with E-state index in [0.29, 0.717) is 50.5 Å². The number of carbonyl (C=O) groups is 6. The summed E-state index contributed by atoms with van der Waals surface area (Å²) < 4.78 is 4.72. The van der Waals surface area contributed by atoms with Crippen LogP contribution in [-0.2, 0) is 33.5 Å². The van der Waals surface area contributed by atoms with Gasteiger partial charge in [0.1, 0.15) is 36.3 Å². The minimum absolute atomic E-state index is 0.00127. The highest BCUT2D eigenvalue weighted by atomic mass is 16.6. The number of nitrogens with one attached hydrogen (secondary N) is 1. The van der Waals surface area contributed by atoms with Gasteiger partial charge >= 0.3 is 35.8 Å². The molecule has 0 aliphatic carbocycles. The van der Waals surface area contributed by atoms with Gasteiger partial charge in [0.15, 0.2) is 5.96 Å². The minimum Gasteiger partial charge on any atom is -0.480 e. The minimum atomic E-state index is -1.18. The van der Waals surface area contributed by atoms with Gasteiger partial charge in [0.25, 0.3) is 0 Å². The SMILES string of the molecule is CC(C)C[C@H](N)C(=O)O.CC(C)C[C@H](N)C(=O)O.CC[C@H](C)[C@H](N)C(=O)O.NC(N)=NCCC[C@H](N)C(=O)OC(=O)[C@@H]1CCCN1.N[C@@H](CO)C(=O)O. The molecule has 0 unspecified atom stereocenters. The van der Waals surface area contributed by atoms with Crippen LogP contribution >= 0.6 is 0 Å². The molecule has 0 saturated carbocycles. The first-order chi connectivity index (χ1) is 24.3. The van der Waals surface area contributed by atoms with Crippen molar-refractivity contribution < 1.29 is 59.0 Å². The standard InChI is InChI=1S/C11H21N5O3.3C6H13NO2.C3H7NO3/c12-7(3-1-6-16-11(13)14)9(17)19-10(18)8-4-2-5-15-8;2*1-4(2)3-5(7)6(8)9;1-3-4(2)5(7)6(8)9;4-2(1-5)3(6)7/h7-8,15H,1-6,12H2,(H4,13,14,16);3*4-5H,3,7H2,1-2H3,(H,8,9);2,5H,1,4H2,(H,6,7)/t7-,8-;2*5-;4-,5-;2-/m00000/s1. The van der Waals surface area contributed by atoms with Crippen LogP contribution in [0.4, 0.5) is 0 Å². The number of carbonyl (C=O) groups excluding carboxylic acids is 2. The van der Waals surface area contributed by atoms with E-state index in [9.17, 15) is 28.8 Å². The third-order valence-electron chi connectivity index (χ3n) is 6.96. The van der Waals surface area contributed by atoms with E-state index in [4.69, 9.17) is 70.4 Å². The number of aliphatic carboxylic acids is 4. The average Bonchev–Trinajstić information content (AvgIpc) is 3.61. The monoisotopic (exact) mass is 769 g/mol. The Bertz CT molecular complexity index is 1060. The molecule has 1 rings (SSSR count). The Morgan fingerprint density at radius 2 is 1.21 bits per heavy atom. The van der Waals surface area contributed by atoms with Crippen molar-refractivity contribution in [1.82, 2.24) is 5.32 Å². The molecule has 0 radical (unpaired) electrons. The number of carboxylic acid groups (broad SMARTS) is 4. The van der Waals surface area contributed by atoms with E-state index in [2.05, 4.69) is 10.3 Å². The Morgan fingerprint density at radius 3 is 1.45 bits per heavy atom. The van der Waals surface area contributed by atoms with Crippen LogP contribution in [0.3, 0.4) is 0 Å². The second-order valence-electron chi connectivity index (χ2n) is 13.0. The summed E-state index contributed by atoms with van der Waals surface area (Å²) in [4.78, 5) is 66.9. The zero-order chi connectivity index (χ0) is 42.4. The first kappa shape index (κ1) is 55.8. The number of aliphatic hydroxyl groups is 1. The van der Waals surface area contributed by atoms with Crippen molar-refractivity contribution in [2.24, 2.45) is 62.9 Å². The molecule has 21 nitrogen and oxygen atoms in total. The molecule has 53 heavy (non-hydrogen) atoms. The van der Waals surface area contributed by atoms with Crippen LogP contribution in [0.15, 0.2) is 4.99 Å². The van der Waals surface area contributed by atoms with Crippen molar-refractivity contribution >= 4 is 41.8 Å². The number of esters is 2. The van der Waals surface area contributed by atoms with Crippen molar-refractivity contribution in [3.05, 3.63) is 0 Å². The number of ether oxygens (including phenoxy) is 1. The van der Waals surface area contributed by atoms with Crippen molar-refractivity contribution in [3.8, 4) is 0 Å². The Morgan fingerprint density at radius 1 is 0.755 bits per heavy atom. The van der Waals surface area contributed by atoms with Gasteiger partial charge in [-0.15, -0.1) is 0 Å². The van der Waals surface area contributed by atoms with Crippen LogP contribution in [0.1, 0.15) is 86.5 Å². The van der Waals surface area contributed by atoms with Crippen molar-refractivity contribution in [2.75, 3.05) is 19.7 Å². The molecule has 7 atom stereocenters. The maximum atomic E-state index is 11.6. The van der Waals surface area contributed by atoms with Gasteiger partial charge in [-0.25, -0.2) is 9.59 Å². The molecule has 1 saturated heterocycles. The number of aliphatic imine (C=N–C) groups is 1. The van der Waals surface area contributed by atoms with Crippen molar-refractivity contribution in [1.29, 1.82) is 0 Å². The van der Waals surface area contributed by atoms with Gasteiger partial charge < -0.3 is 75.7 Å². The molecular formula is C32H67N9O12. The highest BCUT2D eigenvalue weighted by Crippen LogP contribution is 2.08. The molecule has 21 heteroatoms. The van der Waals surface area contributed by atoms with Gasteiger partial charge in [0.2, 0.25) is 0 Å². The van der Waals surface area contributed by atoms with Crippen LogP contribution in [0, 0.1) is 17.8 Å². The topological polar surface area (TPSA) is 419 Å². The van der Waals surface area contributed by atoms with E-state index in [-0.39, 0.29) is 11.9 Å². The molecule has 0 aromatic rings. The summed E-state index contributed by atoms with van der Waals surface area (Å²) in [6, 6.07) is -4.43. The number of carboxylic acids is 4. The summed E-state index contributed by atoms with van der Waals surface area (Å²) in [6.07, 6.45) is 4.41. The lowest BCUT2D eigenvalue weighted by atomic mass is 10.0. The van der Waals surface area contributed by atoms with E-state index in [1.54, 1.807) is 0 Å². The van der Waals surface area contributed by atoms with E-state index >= 15 is 0 Å². The van der Waals surface area contributed by atoms with Gasteiger partial charge in [-0.3, -0.25) is 24.2 Å². The van der Waals surface area contributed by atoms with E-state index in [0.717, 1.165) is 19.4 Å². The normalized spacial score (nSPS) is 16.4. The second kappa shape index (κ2) is 32.6. The van der Waals surface area contributed by atoms with Crippen LogP contribution < -0.4 is 45.5 Å². The number of nitrogens with zero attached hydrogens (tertiary/aromatic N) is 1. The highest BCUT2D eigenvalue weighted by Gasteiger charge is 2.27. The van der Waals surface area contributed by atoms with Crippen LogP contribution in [0.25, 0.3) is 0 Å². The highest BCUT2D eigenvalue weighted by molar-refractivity contribution is 5.90. The lowest BCUT2D eigenvalue weighted by molar-refractivity contribution is -0.162. The van der Waals surface area contributed by atoms with Gasteiger partial charge in [0.05, 0.1) is 6.61 Å². The van der Waals surface area contributed by atoms with E-state index < -0.39 is 78.7 Å². The number of hydrogen-bond acceptors (Lipinski definition) is 15. The summed E-state index contributed by atoms with van der Waals surface area (Å²) in [5, 5.41) is 43.8. The molecule has 1 aliphatic rings. The molecule has 0 amide bonds. The molecule has 312 valence electrons. The molecule has 0 aromatic heterocycles. The maximum Gasteiger partial charge on any atom is 0.330 e. The molecule has 1 heterocycles. The number of aliphatic hydroxyl groups excluding tert-OH is 1. The van der Waals surface area contributed by atoms with Gasteiger partial charge in [-0.2, -0.15) is 0 Å². The first-order valence-corrected chi connectivity index (χ1v) is 17.2. The molecule has 0 bridgehead atoms. The van der Waals surface area contributed by atoms with Gasteiger partial charge in [-0.1, -0.05) is 48.0 Å². The lowest BCUT2D eigenvalue weighted by Crippen LogP contribution is -2.39. The summed E-state index contributed by atoms with van der Waals surface area (Å²) in [5.41, 5.74) is 36.4. The Kier molecular flexibility index (Phi) is 34.3. The Hall–Kier alpha value is -3.99. The molecule has 1 aliphatic heterocycles. The molecule has 1 fully saturated rings. The van der Waals surface area contributed by atoms with Crippen LogP contribution in [0.5, 0.6) is 0 Å². The molecule has 0 spiro atoms. The number of rotatable bonds is 17. The summed E-state index contributed by atoms with van der Waals surface area (Å²) in [5.74, 6) is -4.39. The largest absolute Gasteiger partial charge is 0.480 e. The van der Waals surface area contributed by atoms with Crippen LogP contribution in [0.2, 0.25) is 0 Å². The maximum absolute atomic E-state index is 11.6. The molecule has 0 aromatic carbocycles. The summed E-state index contributed by atoms with van der Waals surface area (Å²) in [7, 11) is 0. The zero-order valence-electron chi connectivity index (χ0n) is 31.8. The fourth-order valence-electron chi connectivity index (χ4n) is 3.56. The third kappa shape index (κ3) is 34.8. The second-order valence-corrected chi connectivity index (χ2v) is 13.0. The first-order valence-electron chi connectivity index (χ1n) is 17.2. The van der Waals surface area contributed by atoms with E-state index in [1.165, 1.54) is 0 Å². The predicted octanol–water partition coefficient (Wildman–Crippen LogP) is -2.09. The number of nitrogens with two attached hydrogens (primary N) is 7. The molecular weight excluding hydrogens is 702 g/mol. The lowest BCUT2D eigenvalue weighted by Gasteiger charge is -2.12. The zero-order valence-corrected chi connectivity index (χ0v) is 31.8. The summed E-state index contributed by atoms with van der Waals surface area (Å²) >= 11 is 0. The Labute approximate surface area is 311 Å². The molecule has 20 N–H and O–H groups in total. The van der Waals surface area contributed by atoms with Gasteiger partial charge in [0, 0.05) is 6.54 Å². The smallest absolute Gasteiger partial charge is 0.330 e. The van der Waals surface area contributed by atoms with E-state index in [1.807, 2.05) is 41.5 Å². The van der Waals surface area contributed by atoms with Crippen molar-refractivity contribution in [3.63, 3.8) is 0 Å². The fraction of sp³-hybridized carbons (Fsp3) is 0.781. The average molecular weight is 770 g/mol. The third-order valence-corrected chi connectivity index (χ3v) is 6.96. The quantitative estimate of drug-likeness (QED) is 0.0248. The van der Waals surface area contributed by atoms with Crippen LogP contribution in [-0.4, -0.2) is 123 Å². The number of hydrogen-bond donors (Lipinski definition) is 13. The fourth-order valence-corrected chi connectivity index (χ4v) is 3.56. The van der Waals surface area contributed by atoms with Gasteiger partial charge in [-0.05, 0) is 62.8 Å². The summed E-state index contributed by atoms with van der Waals surface area (Å²) in [6.45, 7) is 12.2. The Balaban J connectivity index is -0.000000303. The van der Waals surface area contributed by atoms with Crippen molar-refractivity contribution in [2.45, 2.75) is 123 Å².